The number of nitrogens with one attached hydrogen (secondary N) is 1. The van der Waals surface area contributed by atoms with Crippen LogP contribution in [0.3, 0.4) is 0 Å². The number of amides is 1. The van der Waals surface area contributed by atoms with Crippen molar-refractivity contribution in [1.82, 2.24) is 4.90 Å². The van der Waals surface area contributed by atoms with E-state index in [1.807, 2.05) is 24.3 Å². The molecule has 2 atom stereocenters. The molecule has 0 bridgehead atoms. The molecule has 0 aliphatic carbocycles. The molecular weight excluding hydrogens is 360 g/mol. The molecule has 1 fully saturated rings. The molecule has 1 amide bonds. The van der Waals surface area contributed by atoms with Crippen LogP contribution < -0.4 is 5.32 Å². The van der Waals surface area contributed by atoms with Crippen LogP contribution in [-0.2, 0) is 14.6 Å². The molecule has 1 heterocycles. The van der Waals surface area contributed by atoms with Crippen LogP contribution >= 0.6 is 11.6 Å². The summed E-state index contributed by atoms with van der Waals surface area (Å²) in [6.07, 6.45) is 1.55. The first kappa shape index (κ1) is 17.8. The number of hydrogen-bond acceptors (Lipinski definition) is 4. The molecule has 1 aliphatic heterocycles. The molecule has 2 aromatic rings. The van der Waals surface area contributed by atoms with Gasteiger partial charge >= 0.3 is 0 Å². The zero-order valence-electron chi connectivity index (χ0n) is 13.9. The Morgan fingerprint density at radius 1 is 1.08 bits per heavy atom. The predicted octanol–water partition coefficient (Wildman–Crippen LogP) is 3.13. The van der Waals surface area contributed by atoms with Crippen molar-refractivity contribution in [3.63, 3.8) is 0 Å². The molecule has 5 nitrogen and oxygen atoms in total. The Labute approximate surface area is 152 Å². The van der Waals surface area contributed by atoms with Crippen molar-refractivity contribution in [1.29, 1.82) is 0 Å². The SMILES string of the molecule is CN1C(=O)CC(Nc2ccc(S(C)(=O)=O)cc2)C1c1ccc(Cl)cc1. The fourth-order valence-electron chi connectivity index (χ4n) is 3.13. The van der Waals surface area contributed by atoms with Gasteiger partial charge in [-0.25, -0.2) is 8.42 Å². The van der Waals surface area contributed by atoms with Gasteiger partial charge in [-0.1, -0.05) is 23.7 Å². The van der Waals surface area contributed by atoms with Crippen LogP contribution in [0.1, 0.15) is 18.0 Å². The van der Waals surface area contributed by atoms with E-state index in [1.54, 1.807) is 36.2 Å². The highest BCUT2D eigenvalue weighted by Gasteiger charge is 2.38. The van der Waals surface area contributed by atoms with Crippen molar-refractivity contribution in [2.45, 2.75) is 23.4 Å². The van der Waals surface area contributed by atoms with Crippen LogP contribution in [0.4, 0.5) is 5.69 Å². The molecule has 7 heteroatoms. The molecule has 1 aliphatic rings. The zero-order chi connectivity index (χ0) is 18.2. The molecule has 2 aromatic carbocycles. The molecule has 2 unspecified atom stereocenters. The summed E-state index contributed by atoms with van der Waals surface area (Å²) in [6.45, 7) is 0. The smallest absolute Gasteiger partial charge is 0.225 e. The van der Waals surface area contributed by atoms with E-state index in [1.165, 1.54) is 6.26 Å². The number of benzene rings is 2. The maximum Gasteiger partial charge on any atom is 0.225 e. The summed E-state index contributed by atoms with van der Waals surface area (Å²) in [6, 6.07) is 13.8. The first-order chi connectivity index (χ1) is 11.8. The van der Waals surface area contributed by atoms with E-state index < -0.39 is 9.84 Å². The highest BCUT2D eigenvalue weighted by molar-refractivity contribution is 7.90. The van der Waals surface area contributed by atoms with Gasteiger partial charge in [0.15, 0.2) is 9.84 Å². The van der Waals surface area contributed by atoms with Gasteiger partial charge in [0.1, 0.15) is 0 Å². The van der Waals surface area contributed by atoms with E-state index in [9.17, 15) is 13.2 Å². The lowest BCUT2D eigenvalue weighted by Gasteiger charge is -2.26. The van der Waals surface area contributed by atoms with Crippen molar-refractivity contribution < 1.29 is 13.2 Å². The quantitative estimate of drug-likeness (QED) is 0.887. The number of rotatable bonds is 4. The number of halogens is 1. The summed E-state index contributed by atoms with van der Waals surface area (Å²) >= 11 is 5.96. The normalized spacial score (nSPS) is 20.8. The number of hydrogen-bond donors (Lipinski definition) is 1. The largest absolute Gasteiger partial charge is 0.379 e. The van der Waals surface area contributed by atoms with Crippen molar-refractivity contribution in [2.75, 3.05) is 18.6 Å². The van der Waals surface area contributed by atoms with Crippen LogP contribution in [-0.4, -0.2) is 38.6 Å². The summed E-state index contributed by atoms with van der Waals surface area (Å²) < 4.78 is 23.1. The lowest BCUT2D eigenvalue weighted by Crippen LogP contribution is -2.29. The number of likely N-dealkylation sites (N-methyl/N-ethyl adjacent to an activating group) is 1. The predicted molar refractivity (Wildman–Crippen MR) is 98.5 cm³/mol. The Bertz CT molecular complexity index is 880. The van der Waals surface area contributed by atoms with Gasteiger partial charge < -0.3 is 10.2 Å². The van der Waals surface area contributed by atoms with Crippen LogP contribution in [0.2, 0.25) is 5.02 Å². The second kappa shape index (κ2) is 6.69. The van der Waals surface area contributed by atoms with Crippen molar-refractivity contribution in [3.05, 3.63) is 59.1 Å². The third kappa shape index (κ3) is 3.80. The van der Waals surface area contributed by atoms with E-state index in [4.69, 9.17) is 11.6 Å². The van der Waals surface area contributed by atoms with E-state index in [0.717, 1.165) is 11.3 Å². The summed E-state index contributed by atoms with van der Waals surface area (Å²) in [5, 5.41) is 4.00. The van der Waals surface area contributed by atoms with Gasteiger partial charge in [0.25, 0.3) is 0 Å². The Balaban J connectivity index is 1.84. The Hall–Kier alpha value is -2.05. The Kier molecular flexibility index (Phi) is 4.75. The molecule has 132 valence electrons. The number of carbonyl (C=O) groups excluding carboxylic acids is 1. The van der Waals surface area contributed by atoms with Crippen molar-refractivity contribution in [3.8, 4) is 0 Å². The molecule has 3 rings (SSSR count). The molecule has 0 aromatic heterocycles. The average Bonchev–Trinajstić information content (AvgIpc) is 2.82. The van der Waals surface area contributed by atoms with Gasteiger partial charge in [-0.3, -0.25) is 4.79 Å². The van der Waals surface area contributed by atoms with Gasteiger partial charge in [-0.05, 0) is 42.0 Å². The average molecular weight is 379 g/mol. The van der Waals surface area contributed by atoms with Crippen LogP contribution in [0.15, 0.2) is 53.4 Å². The van der Waals surface area contributed by atoms with Crippen LogP contribution in [0.25, 0.3) is 0 Å². The minimum atomic E-state index is -3.22. The summed E-state index contributed by atoms with van der Waals surface area (Å²) in [5.41, 5.74) is 1.78. The maximum absolute atomic E-state index is 12.2. The van der Waals surface area contributed by atoms with E-state index >= 15 is 0 Å². The first-order valence-corrected chi connectivity index (χ1v) is 10.1. The third-order valence-corrected chi connectivity index (χ3v) is 5.81. The number of nitrogens with zero attached hydrogens (tertiary/aromatic N) is 1. The van der Waals surface area contributed by atoms with Gasteiger partial charge in [0.05, 0.1) is 17.0 Å². The number of sulfone groups is 1. The summed E-state index contributed by atoms with van der Waals surface area (Å²) in [5.74, 6) is 0.0604. The first-order valence-electron chi connectivity index (χ1n) is 7.83. The second-order valence-corrected chi connectivity index (χ2v) is 8.70. The minimum Gasteiger partial charge on any atom is -0.379 e. The molecule has 1 saturated heterocycles. The van der Waals surface area contributed by atoms with E-state index in [0.29, 0.717) is 11.4 Å². The Morgan fingerprint density at radius 3 is 2.24 bits per heavy atom. The zero-order valence-corrected chi connectivity index (χ0v) is 15.5. The number of likely N-dealkylation sites (tertiary alicyclic amines) is 1. The molecule has 1 N–H and O–H groups in total. The lowest BCUT2D eigenvalue weighted by atomic mass is 10.00. The van der Waals surface area contributed by atoms with E-state index in [-0.39, 0.29) is 22.9 Å². The fourth-order valence-corrected chi connectivity index (χ4v) is 3.88. The third-order valence-electron chi connectivity index (χ3n) is 4.43. The topological polar surface area (TPSA) is 66.5 Å². The molecular formula is C18H19ClN2O3S. The number of carbonyl (C=O) groups is 1. The maximum atomic E-state index is 12.2. The van der Waals surface area contributed by atoms with Crippen LogP contribution in [0.5, 0.6) is 0 Å². The van der Waals surface area contributed by atoms with E-state index in [2.05, 4.69) is 5.32 Å². The minimum absolute atomic E-state index is 0.0604. The van der Waals surface area contributed by atoms with Gasteiger partial charge in [0.2, 0.25) is 5.91 Å². The molecule has 0 saturated carbocycles. The summed E-state index contributed by atoms with van der Waals surface area (Å²) in [4.78, 5) is 14.2. The molecule has 0 radical (unpaired) electrons. The second-order valence-electron chi connectivity index (χ2n) is 6.25. The number of anilines is 1. The fraction of sp³-hybridized carbons (Fsp3) is 0.278. The molecule has 25 heavy (non-hydrogen) atoms. The van der Waals surface area contributed by atoms with Crippen molar-refractivity contribution >= 4 is 33.0 Å². The van der Waals surface area contributed by atoms with Gasteiger partial charge in [0, 0.05) is 30.4 Å². The standard InChI is InChI=1S/C18H19ClN2O3S/c1-21-17(22)11-16(18(21)12-3-5-13(19)6-4-12)20-14-7-9-15(10-8-14)25(2,23)24/h3-10,16,18,20H,11H2,1-2H3. The molecule has 0 spiro atoms. The lowest BCUT2D eigenvalue weighted by molar-refractivity contribution is -0.127. The monoisotopic (exact) mass is 378 g/mol. The van der Waals surface area contributed by atoms with Crippen molar-refractivity contribution in [2.24, 2.45) is 0 Å². The van der Waals surface area contributed by atoms with Crippen LogP contribution in [0, 0.1) is 0 Å². The van der Waals surface area contributed by atoms with Gasteiger partial charge in [-0.15, -0.1) is 0 Å². The highest BCUT2D eigenvalue weighted by Crippen LogP contribution is 2.34. The highest BCUT2D eigenvalue weighted by atomic mass is 35.5. The van der Waals surface area contributed by atoms with Gasteiger partial charge in [-0.2, -0.15) is 0 Å². The Morgan fingerprint density at radius 2 is 1.68 bits per heavy atom. The summed E-state index contributed by atoms with van der Waals surface area (Å²) in [7, 11) is -1.44.